The third-order valence-corrected chi connectivity index (χ3v) is 6.63. The average molecular weight is 455 g/mol. The fourth-order valence-corrected chi connectivity index (χ4v) is 5.41. The number of nitrogens with zero attached hydrogens (tertiary/aromatic N) is 1. The molecule has 1 fully saturated rings. The topological polar surface area (TPSA) is 77.8 Å². The number of alkyl halides is 3. The molecule has 0 saturated carbocycles. The molecule has 3 rings (SSSR count). The smallest absolute Gasteiger partial charge is 0.416 e. The van der Waals surface area contributed by atoms with E-state index in [2.05, 4.69) is 0 Å². The largest absolute Gasteiger partial charge is 0.481 e. The van der Waals surface area contributed by atoms with Crippen LogP contribution in [0, 0.1) is 11.8 Å². The number of thiophene rings is 1. The molecule has 5 nitrogen and oxygen atoms in total. The van der Waals surface area contributed by atoms with Crippen molar-refractivity contribution < 1.29 is 33.0 Å². The minimum Gasteiger partial charge on any atom is -0.481 e. The van der Waals surface area contributed by atoms with Crippen molar-refractivity contribution in [3.8, 4) is 0 Å². The van der Waals surface area contributed by atoms with E-state index in [0.29, 0.717) is 11.3 Å². The van der Waals surface area contributed by atoms with Crippen molar-refractivity contribution in [1.82, 2.24) is 4.90 Å². The third-order valence-electron chi connectivity index (χ3n) is 5.68. The molecule has 1 saturated heterocycles. The van der Waals surface area contributed by atoms with E-state index in [4.69, 9.17) is 0 Å². The second kappa shape index (κ2) is 8.63. The lowest BCUT2D eigenvalue weighted by atomic mass is 9.84. The number of carbonyl (C=O) groups is 2. The Morgan fingerprint density at radius 1 is 1.23 bits per heavy atom. The number of amides is 1. The van der Waals surface area contributed by atoms with Crippen molar-refractivity contribution in [1.29, 1.82) is 0 Å². The van der Waals surface area contributed by atoms with Crippen LogP contribution < -0.4 is 0 Å². The van der Waals surface area contributed by atoms with Gasteiger partial charge in [0.15, 0.2) is 0 Å². The molecule has 1 aromatic heterocycles. The molecule has 1 aliphatic rings. The zero-order valence-corrected chi connectivity index (χ0v) is 17.9. The normalized spacial score (nSPS) is 24.0. The monoisotopic (exact) mass is 455 g/mol. The number of halogens is 3. The predicted octanol–water partition coefficient (Wildman–Crippen LogP) is 4.83. The number of carbonyl (C=O) groups excluding carboxylic acids is 1. The Morgan fingerprint density at radius 3 is 2.32 bits per heavy atom. The summed E-state index contributed by atoms with van der Waals surface area (Å²) in [5.41, 5.74) is -1.99. The molecule has 3 atom stereocenters. The van der Waals surface area contributed by atoms with Crippen LogP contribution in [-0.4, -0.2) is 39.1 Å². The maximum Gasteiger partial charge on any atom is 0.416 e. The summed E-state index contributed by atoms with van der Waals surface area (Å²) in [5.74, 6) is -2.57. The first-order chi connectivity index (χ1) is 14.5. The number of rotatable bonds is 6. The highest BCUT2D eigenvalue weighted by atomic mass is 32.1. The van der Waals surface area contributed by atoms with Gasteiger partial charge in [0.2, 0.25) is 0 Å². The summed E-state index contributed by atoms with van der Waals surface area (Å²) >= 11 is 1.31. The van der Waals surface area contributed by atoms with Gasteiger partial charge in [-0.05, 0) is 54.5 Å². The van der Waals surface area contributed by atoms with Gasteiger partial charge in [-0.25, -0.2) is 0 Å². The zero-order valence-electron chi connectivity index (χ0n) is 17.1. The fourth-order valence-electron chi connectivity index (χ4n) is 4.53. The number of carboxylic acids is 1. The molecule has 168 valence electrons. The Morgan fingerprint density at radius 2 is 1.87 bits per heavy atom. The van der Waals surface area contributed by atoms with Crippen LogP contribution in [0.5, 0.6) is 0 Å². The van der Waals surface area contributed by atoms with E-state index in [1.54, 1.807) is 17.5 Å². The molecule has 0 radical (unpaired) electrons. The standard InChI is InChI=1S/C22H24F3NO4S/c1-13(2)10-21(12-27)11-16(20(29)30)18(17-4-3-9-31-17)26(21)19(28)14-5-7-15(8-6-14)22(23,24)25/h3-9,13,16,18,27H,10-12H2,1-2H3,(H,29,30)/t16-,18+,21-/m0/s1. The predicted molar refractivity (Wildman–Crippen MR) is 110 cm³/mol. The van der Waals surface area contributed by atoms with E-state index < -0.39 is 47.7 Å². The van der Waals surface area contributed by atoms with Crippen LogP contribution >= 0.6 is 11.3 Å². The molecule has 2 heterocycles. The van der Waals surface area contributed by atoms with Gasteiger partial charge >= 0.3 is 12.1 Å². The van der Waals surface area contributed by atoms with Crippen molar-refractivity contribution in [3.63, 3.8) is 0 Å². The summed E-state index contributed by atoms with van der Waals surface area (Å²) in [4.78, 5) is 27.8. The lowest BCUT2D eigenvalue weighted by molar-refractivity contribution is -0.142. The second-order valence-corrected chi connectivity index (χ2v) is 9.32. The highest BCUT2D eigenvalue weighted by molar-refractivity contribution is 7.10. The van der Waals surface area contributed by atoms with Gasteiger partial charge in [0, 0.05) is 10.4 Å². The maximum atomic E-state index is 13.6. The highest BCUT2D eigenvalue weighted by Gasteiger charge is 2.56. The Kier molecular flexibility index (Phi) is 6.48. The lowest BCUT2D eigenvalue weighted by Crippen LogP contribution is -2.51. The van der Waals surface area contributed by atoms with Crippen LogP contribution in [0.1, 0.15) is 53.5 Å². The molecule has 0 unspecified atom stereocenters. The van der Waals surface area contributed by atoms with E-state index in [9.17, 15) is 33.0 Å². The molecule has 0 aliphatic carbocycles. The quantitative estimate of drug-likeness (QED) is 0.654. The Balaban J connectivity index is 2.11. The molecular formula is C22H24F3NO4S. The van der Waals surface area contributed by atoms with Crippen molar-refractivity contribution in [2.24, 2.45) is 11.8 Å². The van der Waals surface area contributed by atoms with Gasteiger partial charge < -0.3 is 15.1 Å². The molecule has 0 bridgehead atoms. The molecule has 31 heavy (non-hydrogen) atoms. The van der Waals surface area contributed by atoms with Gasteiger partial charge in [-0.2, -0.15) is 13.2 Å². The molecule has 0 spiro atoms. The van der Waals surface area contributed by atoms with E-state index in [-0.39, 0.29) is 17.9 Å². The van der Waals surface area contributed by atoms with Crippen LogP contribution in [0.2, 0.25) is 0 Å². The van der Waals surface area contributed by atoms with Gasteiger partial charge in [-0.15, -0.1) is 11.3 Å². The van der Waals surface area contributed by atoms with Crippen LogP contribution in [0.15, 0.2) is 41.8 Å². The van der Waals surface area contributed by atoms with Crippen molar-refractivity contribution >= 4 is 23.2 Å². The number of aliphatic hydroxyl groups excluding tert-OH is 1. The minimum atomic E-state index is -4.53. The first-order valence-electron chi connectivity index (χ1n) is 9.88. The molecular weight excluding hydrogens is 431 g/mol. The highest BCUT2D eigenvalue weighted by Crippen LogP contribution is 2.51. The summed E-state index contributed by atoms with van der Waals surface area (Å²) < 4.78 is 38.8. The van der Waals surface area contributed by atoms with Crippen molar-refractivity contribution in [2.45, 2.75) is 44.4 Å². The van der Waals surface area contributed by atoms with Crippen LogP contribution in [0.3, 0.4) is 0 Å². The van der Waals surface area contributed by atoms with Crippen molar-refractivity contribution in [3.05, 3.63) is 57.8 Å². The van der Waals surface area contributed by atoms with Gasteiger partial charge in [-0.3, -0.25) is 9.59 Å². The van der Waals surface area contributed by atoms with E-state index >= 15 is 0 Å². The number of aliphatic carboxylic acids is 1. The maximum absolute atomic E-state index is 13.6. The Hall–Kier alpha value is -2.39. The van der Waals surface area contributed by atoms with Crippen LogP contribution in [-0.2, 0) is 11.0 Å². The first kappa shape index (κ1) is 23.3. The first-order valence-corrected chi connectivity index (χ1v) is 10.8. The molecule has 9 heteroatoms. The van der Waals surface area contributed by atoms with E-state index in [1.165, 1.54) is 16.2 Å². The van der Waals surface area contributed by atoms with Crippen molar-refractivity contribution in [2.75, 3.05) is 6.61 Å². The fraction of sp³-hybridized carbons (Fsp3) is 0.455. The Labute approximate surface area is 182 Å². The molecule has 2 aromatic rings. The molecule has 1 amide bonds. The lowest BCUT2D eigenvalue weighted by Gasteiger charge is -2.41. The molecule has 1 aliphatic heterocycles. The van der Waals surface area contributed by atoms with E-state index in [0.717, 1.165) is 24.3 Å². The number of likely N-dealkylation sites (tertiary alicyclic amines) is 1. The SMILES string of the molecule is CC(C)C[C@@]1(CO)C[C@H](C(=O)O)[C@H](c2cccs2)N1C(=O)c1ccc(C(F)(F)F)cc1. The number of hydrogen-bond acceptors (Lipinski definition) is 4. The van der Waals surface area contributed by atoms with Gasteiger partial charge in [0.05, 0.1) is 29.7 Å². The van der Waals surface area contributed by atoms with E-state index in [1.807, 2.05) is 13.8 Å². The zero-order chi connectivity index (χ0) is 23.0. The summed E-state index contributed by atoms with van der Waals surface area (Å²) in [6.07, 6.45) is -4.11. The second-order valence-electron chi connectivity index (χ2n) is 8.34. The van der Waals surface area contributed by atoms with Crippen LogP contribution in [0.4, 0.5) is 13.2 Å². The summed E-state index contributed by atoms with van der Waals surface area (Å²) in [6, 6.07) is 6.54. The van der Waals surface area contributed by atoms with Crippen LogP contribution in [0.25, 0.3) is 0 Å². The summed E-state index contributed by atoms with van der Waals surface area (Å²) in [7, 11) is 0. The average Bonchev–Trinajstić information content (AvgIpc) is 3.32. The number of carboxylic acid groups (broad SMARTS) is 1. The number of hydrogen-bond donors (Lipinski definition) is 2. The minimum absolute atomic E-state index is 0.0159. The summed E-state index contributed by atoms with van der Waals surface area (Å²) in [5, 5.41) is 22.0. The third kappa shape index (κ3) is 4.48. The summed E-state index contributed by atoms with van der Waals surface area (Å²) in [6.45, 7) is 3.38. The number of aliphatic hydroxyl groups is 1. The molecule has 2 N–H and O–H groups in total. The van der Waals surface area contributed by atoms with Gasteiger partial charge in [0.1, 0.15) is 0 Å². The van der Waals surface area contributed by atoms with Gasteiger partial charge in [-0.1, -0.05) is 19.9 Å². The Bertz CT molecular complexity index is 927. The number of benzene rings is 1. The van der Waals surface area contributed by atoms with Gasteiger partial charge in [0.25, 0.3) is 5.91 Å². The molecule has 1 aromatic carbocycles.